The normalized spacial score (nSPS) is 14.0. The Balaban J connectivity index is 2.16. The number of hydrogen-bond donors (Lipinski definition) is 0. The molecule has 0 atom stereocenters. The van der Waals surface area contributed by atoms with Crippen LogP contribution >= 0.6 is 0 Å². The fourth-order valence-electron chi connectivity index (χ4n) is 3.71. The lowest BCUT2D eigenvalue weighted by molar-refractivity contribution is -0.120. The lowest BCUT2D eigenvalue weighted by Crippen LogP contribution is -2.38. The molecule has 0 spiro atoms. The maximum absolute atomic E-state index is 13.7. The van der Waals surface area contributed by atoms with Crippen LogP contribution in [0.4, 0.5) is 5.69 Å². The first-order chi connectivity index (χ1) is 14.9. The molecule has 0 aliphatic carbocycles. The Hall–Kier alpha value is -2.96. The van der Waals surface area contributed by atoms with Crippen LogP contribution in [0, 0.1) is 20.8 Å². The van der Waals surface area contributed by atoms with Crippen molar-refractivity contribution in [3.05, 3.63) is 70.4 Å². The van der Waals surface area contributed by atoms with E-state index in [-0.39, 0.29) is 11.8 Å². The molecular weight excluding hydrogens is 392 g/mol. The van der Waals surface area contributed by atoms with Crippen LogP contribution < -0.4 is 4.90 Å². The van der Waals surface area contributed by atoms with Crippen molar-refractivity contribution in [2.45, 2.75) is 20.8 Å². The highest BCUT2D eigenvalue weighted by Crippen LogP contribution is 2.36. The van der Waals surface area contributed by atoms with Gasteiger partial charge in [-0.25, -0.2) is 4.90 Å². The molecule has 3 rings (SSSR count). The summed E-state index contributed by atoms with van der Waals surface area (Å²) in [6.45, 7) is 7.67. The largest absolute Gasteiger partial charge is 0.383 e. The highest BCUT2D eigenvalue weighted by Gasteiger charge is 2.42. The van der Waals surface area contributed by atoms with Gasteiger partial charge in [-0.05, 0) is 43.5 Å². The number of carbonyl (C=O) groups is 2. The molecule has 2 aromatic rings. The van der Waals surface area contributed by atoms with E-state index in [1.807, 2.05) is 68.1 Å². The molecule has 0 bridgehead atoms. The van der Waals surface area contributed by atoms with Crippen LogP contribution in [0.1, 0.15) is 22.3 Å². The third-order valence-electron chi connectivity index (χ3n) is 5.45. The number of aryl methyl sites for hydroxylation is 3. The maximum atomic E-state index is 13.7. The summed E-state index contributed by atoms with van der Waals surface area (Å²) >= 11 is 0. The van der Waals surface area contributed by atoms with Crippen molar-refractivity contribution in [3.63, 3.8) is 0 Å². The second kappa shape index (κ2) is 9.90. The molecule has 0 aromatic heterocycles. The second-order valence-electron chi connectivity index (χ2n) is 7.80. The minimum atomic E-state index is -0.318. The van der Waals surface area contributed by atoms with Gasteiger partial charge in [0.2, 0.25) is 0 Å². The van der Waals surface area contributed by atoms with Crippen LogP contribution in [0.3, 0.4) is 0 Å². The Morgan fingerprint density at radius 1 is 0.806 bits per heavy atom. The summed E-state index contributed by atoms with van der Waals surface area (Å²) in [6.07, 6.45) is 0. The minimum absolute atomic E-state index is 0.308. The van der Waals surface area contributed by atoms with Crippen LogP contribution in [0.2, 0.25) is 0 Å². The molecule has 1 heterocycles. The molecule has 0 fully saturated rings. The van der Waals surface area contributed by atoms with Gasteiger partial charge in [-0.3, -0.25) is 9.59 Å². The van der Waals surface area contributed by atoms with Gasteiger partial charge in [0.25, 0.3) is 11.8 Å². The van der Waals surface area contributed by atoms with Crippen molar-refractivity contribution in [2.24, 2.45) is 0 Å². The molecule has 2 amide bonds. The number of amides is 2. The first-order valence-corrected chi connectivity index (χ1v) is 10.4. The van der Waals surface area contributed by atoms with Crippen LogP contribution in [-0.4, -0.2) is 57.2 Å². The third kappa shape index (κ3) is 4.70. The van der Waals surface area contributed by atoms with E-state index < -0.39 is 0 Å². The number of ether oxygens (including phenoxy) is 2. The predicted molar refractivity (Wildman–Crippen MR) is 122 cm³/mol. The number of benzene rings is 2. The number of hydrogen-bond acceptors (Lipinski definition) is 5. The molecule has 2 aromatic carbocycles. The first-order valence-electron chi connectivity index (χ1n) is 10.4. The van der Waals surface area contributed by atoms with E-state index in [1.165, 1.54) is 4.90 Å². The number of nitrogens with zero attached hydrogens (tertiary/aromatic N) is 2. The van der Waals surface area contributed by atoms with Crippen LogP contribution in [-0.2, 0) is 19.1 Å². The average molecular weight is 423 g/mol. The fraction of sp³-hybridized carbons (Fsp3) is 0.360. The SMILES string of the molecule is COCCN(CCOC)C1=C(c2ccc(C)cc2)C(=O)N(c2cc(C)ccc2C)C1=O. The molecule has 1 aliphatic heterocycles. The maximum Gasteiger partial charge on any atom is 0.282 e. The van der Waals surface area contributed by atoms with Gasteiger partial charge in [0.05, 0.1) is 24.5 Å². The summed E-state index contributed by atoms with van der Waals surface area (Å²) in [5, 5.41) is 0. The number of carbonyl (C=O) groups excluding carboxylic acids is 2. The Bertz CT molecular complexity index is 987. The van der Waals surface area contributed by atoms with Gasteiger partial charge >= 0.3 is 0 Å². The van der Waals surface area contributed by atoms with Crippen molar-refractivity contribution >= 4 is 23.1 Å². The first kappa shape index (κ1) is 22.7. The highest BCUT2D eigenvalue weighted by molar-refractivity contribution is 6.45. The van der Waals surface area contributed by atoms with Crippen molar-refractivity contribution < 1.29 is 19.1 Å². The van der Waals surface area contributed by atoms with E-state index in [9.17, 15) is 9.59 Å². The summed E-state index contributed by atoms with van der Waals surface area (Å²) in [4.78, 5) is 30.6. The molecule has 0 saturated carbocycles. The van der Waals surface area contributed by atoms with Crippen LogP contribution in [0.5, 0.6) is 0 Å². The molecule has 0 unspecified atom stereocenters. The molecule has 1 aliphatic rings. The van der Waals surface area contributed by atoms with Gasteiger partial charge in [0.15, 0.2) is 0 Å². The number of rotatable bonds is 9. The summed E-state index contributed by atoms with van der Waals surface area (Å²) < 4.78 is 10.5. The number of anilines is 1. The molecule has 6 nitrogen and oxygen atoms in total. The van der Waals surface area contributed by atoms with Crippen molar-refractivity contribution in [1.29, 1.82) is 0 Å². The highest BCUT2D eigenvalue weighted by atomic mass is 16.5. The van der Waals surface area contributed by atoms with Crippen molar-refractivity contribution in [2.75, 3.05) is 45.4 Å². The minimum Gasteiger partial charge on any atom is -0.383 e. The van der Waals surface area contributed by atoms with E-state index in [0.717, 1.165) is 22.3 Å². The second-order valence-corrected chi connectivity index (χ2v) is 7.80. The van der Waals surface area contributed by atoms with Gasteiger partial charge < -0.3 is 14.4 Å². The number of methoxy groups -OCH3 is 2. The quantitative estimate of drug-likeness (QED) is 0.579. The standard InChI is InChI=1S/C25H30N2O4/c1-17-7-10-20(11-8-17)22-23(26(12-14-30-4)13-15-31-5)25(29)27(24(22)28)21-16-18(2)6-9-19(21)3/h6-11,16H,12-15H2,1-5H3. The molecule has 0 N–H and O–H groups in total. The zero-order valence-electron chi connectivity index (χ0n) is 18.9. The summed E-state index contributed by atoms with van der Waals surface area (Å²) in [6, 6.07) is 13.5. The lowest BCUT2D eigenvalue weighted by atomic mass is 10.0. The summed E-state index contributed by atoms with van der Waals surface area (Å²) in [5.74, 6) is -0.626. The Morgan fingerprint density at radius 2 is 1.39 bits per heavy atom. The molecule has 6 heteroatoms. The van der Waals surface area contributed by atoms with E-state index in [1.54, 1.807) is 14.2 Å². The summed E-state index contributed by atoms with van der Waals surface area (Å²) in [7, 11) is 3.24. The number of imide groups is 1. The van der Waals surface area contributed by atoms with Gasteiger partial charge in [0.1, 0.15) is 5.70 Å². The molecule has 0 saturated heterocycles. The zero-order chi connectivity index (χ0) is 22.5. The Kier molecular flexibility index (Phi) is 7.25. The van der Waals surface area contributed by atoms with Gasteiger partial charge in [-0.1, -0.05) is 42.0 Å². The Labute approximate surface area is 184 Å². The molecular formula is C25H30N2O4. The smallest absolute Gasteiger partial charge is 0.282 e. The summed E-state index contributed by atoms with van der Waals surface area (Å²) in [5.41, 5.74) is 5.10. The van der Waals surface area contributed by atoms with Gasteiger partial charge in [-0.2, -0.15) is 0 Å². The van der Waals surface area contributed by atoms with E-state index in [0.29, 0.717) is 43.3 Å². The fourth-order valence-corrected chi connectivity index (χ4v) is 3.71. The predicted octanol–water partition coefficient (Wildman–Crippen LogP) is 3.49. The van der Waals surface area contributed by atoms with E-state index >= 15 is 0 Å². The lowest BCUT2D eigenvalue weighted by Gasteiger charge is -2.26. The van der Waals surface area contributed by atoms with Crippen molar-refractivity contribution in [1.82, 2.24) is 4.90 Å². The molecule has 0 radical (unpaired) electrons. The van der Waals surface area contributed by atoms with Crippen LogP contribution in [0.25, 0.3) is 5.57 Å². The zero-order valence-corrected chi connectivity index (χ0v) is 18.9. The molecule has 164 valence electrons. The third-order valence-corrected chi connectivity index (χ3v) is 5.45. The Morgan fingerprint density at radius 3 is 1.97 bits per heavy atom. The van der Waals surface area contributed by atoms with E-state index in [2.05, 4.69) is 0 Å². The van der Waals surface area contributed by atoms with Crippen molar-refractivity contribution in [3.8, 4) is 0 Å². The topological polar surface area (TPSA) is 59.1 Å². The average Bonchev–Trinajstić information content (AvgIpc) is 3.01. The van der Waals surface area contributed by atoms with Crippen LogP contribution in [0.15, 0.2) is 48.2 Å². The van der Waals surface area contributed by atoms with E-state index in [4.69, 9.17) is 9.47 Å². The monoisotopic (exact) mass is 422 g/mol. The molecule has 31 heavy (non-hydrogen) atoms. The van der Waals surface area contributed by atoms with Gasteiger partial charge in [-0.15, -0.1) is 0 Å². The van der Waals surface area contributed by atoms with Gasteiger partial charge in [0, 0.05) is 27.3 Å².